The number of ether oxygens (including phenoxy) is 1. The zero-order valence-corrected chi connectivity index (χ0v) is 47.4. The highest BCUT2D eigenvalue weighted by Gasteiger charge is 2.22. The van der Waals surface area contributed by atoms with Gasteiger partial charge >= 0.3 is 30.0 Å². The van der Waals surface area contributed by atoms with E-state index in [1.54, 1.807) is 46.2 Å². The number of hydrogen-bond acceptors (Lipinski definition) is 17. The van der Waals surface area contributed by atoms with Crippen molar-refractivity contribution in [2.45, 2.75) is 187 Å². The smallest absolute Gasteiger partial charge is 0.326 e. The molecule has 0 spiro atoms. The number of Topliss-reactive ketones (excluding diaryl/α,β-unsaturated/α-hetero) is 2. The minimum Gasteiger partial charge on any atom is -0.481 e. The first-order valence-corrected chi connectivity index (χ1v) is 28.5. The molecule has 0 aliphatic carbocycles. The zero-order valence-electron chi connectivity index (χ0n) is 47.4. The Morgan fingerprint density at radius 3 is 1.55 bits per heavy atom. The molecular weight excluding hydrogens is 1080 g/mol. The number of carboxylic acid groups (broad SMARTS) is 3. The number of carbonyl (C=O) groups excluding carboxylic acids is 6. The fourth-order valence-electron chi connectivity index (χ4n) is 8.41. The molecule has 1 aromatic carbocycles. The maximum atomic E-state index is 13.6. The van der Waals surface area contributed by atoms with Crippen molar-refractivity contribution in [2.24, 2.45) is 5.73 Å². The van der Waals surface area contributed by atoms with E-state index in [2.05, 4.69) is 62.8 Å². The summed E-state index contributed by atoms with van der Waals surface area (Å²) in [5.41, 5.74) is 8.52. The van der Waals surface area contributed by atoms with E-state index in [1.165, 1.54) is 4.68 Å². The van der Waals surface area contributed by atoms with E-state index in [4.69, 9.17) is 15.6 Å². The summed E-state index contributed by atoms with van der Waals surface area (Å²) in [5.74, 6) is -4.11. The van der Waals surface area contributed by atoms with E-state index in [0.717, 1.165) is 32.1 Å². The topological polar surface area (TPSA) is 414 Å². The summed E-state index contributed by atoms with van der Waals surface area (Å²) in [6, 6.07) is 1.52. The second-order valence-electron chi connectivity index (χ2n) is 20.0. The Balaban J connectivity index is 1.12. The minimum absolute atomic E-state index is 0.133. The molecule has 3 heterocycles. The van der Waals surface area contributed by atoms with Crippen LogP contribution in [0.4, 0.5) is 9.59 Å². The Labute approximate surface area is 481 Å². The molecule has 4 rings (SSSR count). The largest absolute Gasteiger partial charge is 0.481 e. The van der Waals surface area contributed by atoms with Crippen LogP contribution in [0.1, 0.15) is 180 Å². The molecule has 3 aromatic heterocycles. The van der Waals surface area contributed by atoms with Gasteiger partial charge in [0.25, 0.3) is 0 Å². The number of unbranched alkanes of at least 4 members (excludes halogenated alkanes) is 9. The van der Waals surface area contributed by atoms with Gasteiger partial charge in [0.1, 0.15) is 29.2 Å². The van der Waals surface area contributed by atoms with Gasteiger partial charge in [-0.05, 0) is 95.2 Å². The van der Waals surface area contributed by atoms with Gasteiger partial charge in [0, 0.05) is 76.0 Å². The maximum absolute atomic E-state index is 13.6. The van der Waals surface area contributed by atoms with Gasteiger partial charge in [-0.2, -0.15) is 0 Å². The summed E-state index contributed by atoms with van der Waals surface area (Å²) in [7, 11) is 0. The summed E-state index contributed by atoms with van der Waals surface area (Å²) in [6.45, 7) is 5.01. The quantitative estimate of drug-likeness (QED) is 0.0223. The lowest BCUT2D eigenvalue weighted by Crippen LogP contribution is -2.46. The summed E-state index contributed by atoms with van der Waals surface area (Å²) in [5, 5.41) is 67.9. The lowest BCUT2D eigenvalue weighted by Gasteiger charge is -2.14. The number of amides is 6. The van der Waals surface area contributed by atoms with Crippen molar-refractivity contribution in [1.29, 1.82) is 0 Å². The van der Waals surface area contributed by atoms with Crippen LogP contribution >= 0.6 is 0 Å². The summed E-state index contributed by atoms with van der Waals surface area (Å²) >= 11 is 0. The molecule has 11 N–H and O–H groups in total. The molecule has 6 amide bonds. The molecule has 0 unspecified atom stereocenters. The number of nitrogens with two attached hydrogens (primary N) is 1. The van der Waals surface area contributed by atoms with Gasteiger partial charge in [-0.1, -0.05) is 48.2 Å². The van der Waals surface area contributed by atoms with Crippen LogP contribution in [-0.4, -0.2) is 152 Å². The van der Waals surface area contributed by atoms with Crippen molar-refractivity contribution in [2.75, 3.05) is 26.2 Å². The van der Waals surface area contributed by atoms with Gasteiger partial charge in [-0.15, -0.1) is 15.3 Å². The third-order valence-electron chi connectivity index (χ3n) is 13.0. The van der Waals surface area contributed by atoms with Crippen molar-refractivity contribution in [3.8, 4) is 5.69 Å². The highest BCUT2D eigenvalue weighted by molar-refractivity contribution is 6.02. The second kappa shape index (κ2) is 38.5. The van der Waals surface area contributed by atoms with Crippen molar-refractivity contribution in [1.82, 2.24) is 76.9 Å². The molecule has 2 atom stereocenters. The van der Waals surface area contributed by atoms with Crippen LogP contribution in [0.5, 0.6) is 0 Å². The second-order valence-corrected chi connectivity index (χ2v) is 20.0. The van der Waals surface area contributed by atoms with Crippen LogP contribution in [0.3, 0.4) is 0 Å². The number of benzene rings is 1. The number of urea groups is 2. The molecular formula is C54H82N16O13. The maximum Gasteiger partial charge on any atom is 0.326 e. The lowest BCUT2D eigenvalue weighted by molar-refractivity contribution is -0.141. The normalized spacial score (nSPS) is 11.8. The third kappa shape index (κ3) is 27.9. The predicted octanol–water partition coefficient (Wildman–Crippen LogP) is 3.73. The predicted molar refractivity (Wildman–Crippen MR) is 299 cm³/mol. The number of aliphatic carboxylic acids is 3. The SMILES string of the molecule is CCCNC(=O)N[C@@H](CCCCn1cc(CNC(=O)CCCCCCC(=O)c2cc(C(=O)CCCCCCC(=O)NCc3cn(CCCCCNC(=O)N[C@@H](CCC(=O)O)C(=O)O)nn3)cc(-n3cc(COCCN)nn3)c2)nn1)C(=O)O. The average Bonchev–Trinajstić information content (AvgIpc) is 4.43. The standard InChI is InChI=1S/C54H82N16O13/c1-2-24-56-53(81)60-44(51(77)78)16-12-15-27-69-35-41(63-66-69)33-59-49(74)20-11-6-4-9-18-47(72)39-29-38(30-43(31-39)70-36-42(64-67-70)37-83-28-23-55)46(71)17-8-3-5-10-19-48(73)58-32-40-34-68(65-62-40)26-14-7-13-25-57-54(82)61-45(52(79)80)21-22-50(75)76/h29-31,34-36,44-45H,2-28,32-33,37,55H2,1H3,(H,58,73)(H,59,74)(H,75,76)(H,77,78)(H,79,80)(H2,56,60,81)(H2,57,61,82)/t44-,45-/m0/s1. The van der Waals surface area contributed by atoms with Gasteiger partial charge < -0.3 is 57.7 Å². The number of carbonyl (C=O) groups is 9. The first kappa shape index (κ1) is 67.3. The Kier molecular flexibility index (Phi) is 31.2. The third-order valence-corrected chi connectivity index (χ3v) is 13.0. The molecule has 0 saturated carbocycles. The summed E-state index contributed by atoms with van der Waals surface area (Å²) < 4.78 is 10.3. The van der Waals surface area contributed by atoms with E-state index in [9.17, 15) is 53.4 Å². The van der Waals surface area contributed by atoms with Crippen LogP contribution in [-0.2, 0) is 61.5 Å². The van der Waals surface area contributed by atoms with Crippen molar-refractivity contribution in [3.63, 3.8) is 0 Å². The number of nitrogens with zero attached hydrogens (tertiary/aromatic N) is 9. The molecule has 0 bridgehead atoms. The average molecular weight is 1160 g/mol. The van der Waals surface area contributed by atoms with E-state index in [-0.39, 0.29) is 75.2 Å². The van der Waals surface area contributed by atoms with Gasteiger partial charge in [-0.25, -0.2) is 23.9 Å². The van der Waals surface area contributed by atoms with Gasteiger partial charge in [0.2, 0.25) is 11.8 Å². The monoisotopic (exact) mass is 1160 g/mol. The van der Waals surface area contributed by atoms with E-state index >= 15 is 0 Å². The van der Waals surface area contributed by atoms with E-state index < -0.39 is 42.1 Å². The summed E-state index contributed by atoms with van der Waals surface area (Å²) in [4.78, 5) is 110. The molecule has 0 fully saturated rings. The van der Waals surface area contributed by atoms with E-state index in [1.807, 2.05) is 6.92 Å². The molecule has 0 saturated heterocycles. The lowest BCUT2D eigenvalue weighted by atomic mass is 9.97. The van der Waals surface area contributed by atoms with Crippen LogP contribution in [0.2, 0.25) is 0 Å². The Morgan fingerprint density at radius 2 is 1.04 bits per heavy atom. The number of aryl methyl sites for hydroxylation is 2. The molecule has 29 heteroatoms. The highest BCUT2D eigenvalue weighted by atomic mass is 16.5. The minimum atomic E-state index is -1.31. The number of hydrogen-bond donors (Lipinski definition) is 10. The highest BCUT2D eigenvalue weighted by Crippen LogP contribution is 2.21. The van der Waals surface area contributed by atoms with E-state index in [0.29, 0.717) is 144 Å². The first-order valence-electron chi connectivity index (χ1n) is 28.5. The van der Waals surface area contributed by atoms with Crippen LogP contribution in [0.25, 0.3) is 5.69 Å². The van der Waals surface area contributed by atoms with Crippen molar-refractivity contribution < 1.29 is 63.2 Å². The van der Waals surface area contributed by atoms with Crippen LogP contribution in [0, 0.1) is 0 Å². The molecule has 83 heavy (non-hydrogen) atoms. The number of aromatic nitrogens is 9. The molecule has 0 aliphatic heterocycles. The number of nitrogens with one attached hydrogen (secondary N) is 6. The number of carboxylic acids is 3. The molecule has 0 aliphatic rings. The molecule has 456 valence electrons. The van der Waals surface area contributed by atoms with Crippen LogP contribution < -0.4 is 37.6 Å². The Bertz CT molecular complexity index is 2690. The fraction of sp³-hybridized carbons (Fsp3) is 0.611. The van der Waals surface area contributed by atoms with Crippen molar-refractivity contribution in [3.05, 3.63) is 65.0 Å². The molecule has 0 radical (unpaired) electrons. The van der Waals surface area contributed by atoms with Gasteiger partial charge in [0.15, 0.2) is 11.6 Å². The van der Waals surface area contributed by atoms with Gasteiger partial charge in [0.05, 0.1) is 50.6 Å². The number of rotatable bonds is 45. The zero-order chi connectivity index (χ0) is 60.2. The molecule has 29 nitrogen and oxygen atoms in total. The van der Waals surface area contributed by atoms with Crippen LogP contribution in [0.15, 0.2) is 36.8 Å². The Hall–Kier alpha value is -8.21. The summed E-state index contributed by atoms with van der Waals surface area (Å²) in [6.07, 6.45) is 15.1. The molecule has 4 aromatic rings. The fourth-order valence-corrected chi connectivity index (χ4v) is 8.41. The Morgan fingerprint density at radius 1 is 0.542 bits per heavy atom. The number of ketones is 2. The van der Waals surface area contributed by atoms with Gasteiger partial charge in [-0.3, -0.25) is 33.3 Å². The first-order chi connectivity index (χ1) is 40.0. The van der Waals surface area contributed by atoms with Crippen molar-refractivity contribution >= 4 is 53.4 Å².